The van der Waals surface area contributed by atoms with Crippen LogP contribution in [0.1, 0.15) is 40.4 Å². The van der Waals surface area contributed by atoms with E-state index in [0.717, 1.165) is 0 Å². The molecule has 1 aliphatic heterocycles. The van der Waals surface area contributed by atoms with Crippen molar-refractivity contribution in [1.82, 2.24) is 9.88 Å². The fourth-order valence-electron chi connectivity index (χ4n) is 2.41. The van der Waals surface area contributed by atoms with Crippen molar-refractivity contribution >= 4 is 11.9 Å². The molecule has 1 N–H and O–H groups in total. The molecule has 2 atom stereocenters. The van der Waals surface area contributed by atoms with Crippen LogP contribution in [0.25, 0.3) is 0 Å². The van der Waals surface area contributed by atoms with E-state index >= 15 is 0 Å². The van der Waals surface area contributed by atoms with E-state index < -0.39 is 5.97 Å². The van der Waals surface area contributed by atoms with Crippen LogP contribution in [0.4, 0.5) is 0 Å². The molecule has 108 valence electrons. The number of carboxylic acid groups (broad SMARTS) is 1. The summed E-state index contributed by atoms with van der Waals surface area (Å²) in [4.78, 5) is 29.1. The van der Waals surface area contributed by atoms with Gasteiger partial charge in [0.1, 0.15) is 5.69 Å². The molecule has 1 amide bonds. The highest BCUT2D eigenvalue weighted by Crippen LogP contribution is 2.15. The molecule has 1 aromatic heterocycles. The van der Waals surface area contributed by atoms with Crippen molar-refractivity contribution in [2.45, 2.75) is 33.0 Å². The quantitative estimate of drug-likeness (QED) is 0.883. The number of carboxylic acids is 1. The molecular formula is C14H18N2O4. The Morgan fingerprint density at radius 3 is 2.40 bits per heavy atom. The molecule has 0 radical (unpaired) electrons. The minimum Gasteiger partial charge on any atom is -0.478 e. The molecule has 0 aromatic carbocycles. The summed E-state index contributed by atoms with van der Waals surface area (Å²) in [7, 11) is 0. The van der Waals surface area contributed by atoms with E-state index in [4.69, 9.17) is 9.84 Å². The zero-order chi connectivity index (χ0) is 14.9. The third-order valence-electron chi connectivity index (χ3n) is 3.24. The number of pyridine rings is 1. The molecule has 1 fully saturated rings. The van der Waals surface area contributed by atoms with Gasteiger partial charge < -0.3 is 14.7 Å². The third-order valence-corrected chi connectivity index (χ3v) is 3.24. The van der Waals surface area contributed by atoms with Crippen LogP contribution in [0.3, 0.4) is 0 Å². The number of aryl methyl sites for hydroxylation is 1. The number of hydrogen-bond donors (Lipinski definition) is 1. The summed E-state index contributed by atoms with van der Waals surface area (Å²) in [5, 5.41) is 8.96. The molecule has 6 nitrogen and oxygen atoms in total. The van der Waals surface area contributed by atoms with Gasteiger partial charge in [-0.15, -0.1) is 0 Å². The number of rotatable bonds is 2. The summed E-state index contributed by atoms with van der Waals surface area (Å²) in [6.07, 6.45) is -0.0239. The maximum absolute atomic E-state index is 12.4. The van der Waals surface area contributed by atoms with Crippen LogP contribution in [0.5, 0.6) is 0 Å². The first-order valence-corrected chi connectivity index (χ1v) is 6.54. The van der Waals surface area contributed by atoms with Gasteiger partial charge in [0.25, 0.3) is 5.91 Å². The molecule has 0 aliphatic carbocycles. The number of aromatic nitrogens is 1. The molecule has 0 saturated carbocycles. The van der Waals surface area contributed by atoms with Gasteiger partial charge in [0.2, 0.25) is 0 Å². The first kappa shape index (κ1) is 14.5. The fraction of sp³-hybridized carbons (Fsp3) is 0.500. The normalized spacial score (nSPS) is 22.6. The van der Waals surface area contributed by atoms with Crippen molar-refractivity contribution in [3.63, 3.8) is 0 Å². The van der Waals surface area contributed by atoms with Crippen LogP contribution in [0.2, 0.25) is 0 Å². The van der Waals surface area contributed by atoms with E-state index in [1.807, 2.05) is 13.8 Å². The standard InChI is InChI=1S/C14H18N2O4/c1-8-6-16(7-9(2)20-8)13(17)12-5-4-11(14(18)19)10(3)15-12/h4-5,8-9H,6-7H2,1-3H3,(H,18,19)/t8-,9+. The van der Waals surface area contributed by atoms with Crippen LogP contribution in [-0.4, -0.2) is 52.2 Å². The van der Waals surface area contributed by atoms with Crippen molar-refractivity contribution in [3.05, 3.63) is 29.1 Å². The maximum Gasteiger partial charge on any atom is 0.337 e. The number of carbonyl (C=O) groups is 2. The topological polar surface area (TPSA) is 79.7 Å². The van der Waals surface area contributed by atoms with Crippen molar-refractivity contribution in [1.29, 1.82) is 0 Å². The number of nitrogens with zero attached hydrogens (tertiary/aromatic N) is 2. The molecule has 2 rings (SSSR count). The highest BCUT2D eigenvalue weighted by molar-refractivity contribution is 5.94. The summed E-state index contributed by atoms with van der Waals surface area (Å²) in [6, 6.07) is 2.88. The van der Waals surface area contributed by atoms with E-state index in [2.05, 4.69) is 4.98 Å². The second-order valence-electron chi connectivity index (χ2n) is 5.10. The predicted molar refractivity (Wildman–Crippen MR) is 71.8 cm³/mol. The molecule has 0 unspecified atom stereocenters. The van der Waals surface area contributed by atoms with Crippen LogP contribution in [0, 0.1) is 6.92 Å². The number of hydrogen-bond acceptors (Lipinski definition) is 4. The van der Waals surface area contributed by atoms with Gasteiger partial charge in [-0.1, -0.05) is 0 Å². The number of aromatic carboxylic acids is 1. The van der Waals surface area contributed by atoms with E-state index in [1.165, 1.54) is 12.1 Å². The lowest BCUT2D eigenvalue weighted by molar-refractivity contribution is -0.0587. The van der Waals surface area contributed by atoms with Gasteiger partial charge in [0.15, 0.2) is 0 Å². The fourth-order valence-corrected chi connectivity index (χ4v) is 2.41. The molecular weight excluding hydrogens is 260 g/mol. The number of morpholine rings is 1. The Bertz CT molecular complexity index is 534. The lowest BCUT2D eigenvalue weighted by Crippen LogP contribution is -2.48. The first-order valence-electron chi connectivity index (χ1n) is 6.54. The zero-order valence-electron chi connectivity index (χ0n) is 11.8. The molecule has 0 bridgehead atoms. The summed E-state index contributed by atoms with van der Waals surface area (Å²) in [6.45, 7) is 6.46. The van der Waals surface area contributed by atoms with Gasteiger partial charge in [0.05, 0.1) is 23.5 Å². The Labute approximate surface area is 117 Å². The summed E-state index contributed by atoms with van der Waals surface area (Å²) >= 11 is 0. The Morgan fingerprint density at radius 1 is 1.30 bits per heavy atom. The molecule has 1 aromatic rings. The molecule has 1 saturated heterocycles. The van der Waals surface area contributed by atoms with Crippen molar-refractivity contribution in [3.8, 4) is 0 Å². The zero-order valence-corrected chi connectivity index (χ0v) is 11.8. The summed E-state index contributed by atoms with van der Waals surface area (Å²) in [5.41, 5.74) is 0.733. The molecule has 2 heterocycles. The molecule has 0 spiro atoms. The van der Waals surface area contributed by atoms with E-state index in [-0.39, 0.29) is 29.4 Å². The minimum absolute atomic E-state index is 0.0120. The Morgan fingerprint density at radius 2 is 1.90 bits per heavy atom. The first-order chi connectivity index (χ1) is 9.38. The van der Waals surface area contributed by atoms with Crippen LogP contribution in [-0.2, 0) is 4.74 Å². The van der Waals surface area contributed by atoms with E-state index in [9.17, 15) is 9.59 Å². The van der Waals surface area contributed by atoms with Gasteiger partial charge in [-0.2, -0.15) is 0 Å². The Balaban J connectivity index is 2.21. The molecule has 20 heavy (non-hydrogen) atoms. The Hall–Kier alpha value is -1.95. The largest absolute Gasteiger partial charge is 0.478 e. The van der Waals surface area contributed by atoms with Gasteiger partial charge >= 0.3 is 5.97 Å². The molecule has 6 heteroatoms. The van der Waals surface area contributed by atoms with Crippen molar-refractivity contribution in [2.24, 2.45) is 0 Å². The van der Waals surface area contributed by atoms with Crippen LogP contribution >= 0.6 is 0 Å². The van der Waals surface area contributed by atoms with Crippen LogP contribution < -0.4 is 0 Å². The highest BCUT2D eigenvalue weighted by Gasteiger charge is 2.27. The summed E-state index contributed by atoms with van der Waals surface area (Å²) in [5.74, 6) is -1.23. The monoisotopic (exact) mass is 278 g/mol. The van der Waals surface area contributed by atoms with Crippen molar-refractivity contribution < 1.29 is 19.4 Å². The van der Waals surface area contributed by atoms with Crippen molar-refractivity contribution in [2.75, 3.05) is 13.1 Å². The van der Waals surface area contributed by atoms with Gasteiger partial charge in [0, 0.05) is 13.1 Å². The Kier molecular flexibility index (Phi) is 4.04. The number of amides is 1. The van der Waals surface area contributed by atoms with Gasteiger partial charge in [-0.25, -0.2) is 9.78 Å². The second kappa shape index (κ2) is 5.58. The van der Waals surface area contributed by atoms with E-state index in [0.29, 0.717) is 18.8 Å². The van der Waals surface area contributed by atoms with E-state index in [1.54, 1.807) is 11.8 Å². The van der Waals surface area contributed by atoms with Gasteiger partial charge in [-0.05, 0) is 32.9 Å². The van der Waals surface area contributed by atoms with Gasteiger partial charge in [-0.3, -0.25) is 4.79 Å². The summed E-state index contributed by atoms with van der Waals surface area (Å²) < 4.78 is 5.58. The SMILES string of the molecule is Cc1nc(C(=O)N2C[C@@H](C)O[C@@H](C)C2)ccc1C(=O)O. The highest BCUT2D eigenvalue weighted by atomic mass is 16.5. The lowest BCUT2D eigenvalue weighted by Gasteiger charge is -2.35. The van der Waals surface area contributed by atoms with Crippen LogP contribution in [0.15, 0.2) is 12.1 Å². The number of ether oxygens (including phenoxy) is 1. The average molecular weight is 278 g/mol. The predicted octanol–water partition coefficient (Wildman–Crippen LogP) is 1.34. The average Bonchev–Trinajstić information content (AvgIpc) is 2.36. The maximum atomic E-state index is 12.4. The lowest BCUT2D eigenvalue weighted by atomic mass is 10.1. The number of carbonyl (C=O) groups excluding carboxylic acids is 1. The smallest absolute Gasteiger partial charge is 0.337 e. The molecule has 1 aliphatic rings. The second-order valence-corrected chi connectivity index (χ2v) is 5.10. The minimum atomic E-state index is -1.04. The third kappa shape index (κ3) is 2.96.